The molecule has 10 aromatic carbocycles. The first-order chi connectivity index (χ1) is 37.1. The van der Waals surface area contributed by atoms with E-state index in [0.717, 1.165) is 12.8 Å². The molecule has 0 saturated heterocycles. The normalized spacial score (nSPS) is 14.5. The van der Waals surface area contributed by atoms with Crippen molar-refractivity contribution >= 4 is 48.8 Å². The molecule has 2 aliphatic rings. The smallest absolute Gasteiger partial charge is 0.0656 e. The van der Waals surface area contributed by atoms with Crippen molar-refractivity contribution in [2.24, 2.45) is 0 Å². The lowest BCUT2D eigenvalue weighted by Crippen LogP contribution is -2.48. The standard InChI is InChI=1S/C73H64Si2/c1-4-45-74-70(54-29-15-9-16-30-54)68(52-25-11-7-12-26-52)66-43-23-41-64(71(66)74)62-39-21-37-60(50-62)58-35-19-33-56(48-58)57-34-20-36-59(49-57)61-38-22-40-63(51-61)65-42-24-44-67-69(53-27-13-8-14-28-53)72(55-31-17-10-18-32-55)75(46-5-2,47-6-3)73(65)67/h7-44,48-51,74H,4-6,45-47H2,1-3H3. The Balaban J connectivity index is 0.898. The van der Waals surface area contributed by atoms with Crippen molar-refractivity contribution in [1.29, 1.82) is 0 Å². The fourth-order valence-corrected chi connectivity index (χ4v) is 23.4. The Morgan fingerprint density at radius 2 is 0.653 bits per heavy atom. The molecule has 0 aromatic heterocycles. The molecular weight excluding hydrogens is 933 g/mol. The van der Waals surface area contributed by atoms with E-state index in [1.54, 1.807) is 20.8 Å². The van der Waals surface area contributed by atoms with Gasteiger partial charge in [-0.05, 0) is 157 Å². The Hall–Kier alpha value is -7.89. The molecule has 0 N–H and O–H groups in total. The summed E-state index contributed by atoms with van der Waals surface area (Å²) in [7, 11) is -3.88. The molecule has 2 heteroatoms. The maximum Gasteiger partial charge on any atom is 0.121 e. The molecule has 364 valence electrons. The molecule has 2 heterocycles. The number of benzene rings is 10. The Bertz CT molecular complexity index is 3730. The summed E-state index contributed by atoms with van der Waals surface area (Å²) in [4.78, 5) is 0. The summed E-state index contributed by atoms with van der Waals surface area (Å²) in [5.74, 6) is 0. The van der Waals surface area contributed by atoms with Crippen molar-refractivity contribution in [3.8, 4) is 55.6 Å². The van der Waals surface area contributed by atoms with Gasteiger partial charge in [-0.3, -0.25) is 0 Å². The molecule has 75 heavy (non-hydrogen) atoms. The highest BCUT2D eigenvalue weighted by Gasteiger charge is 2.48. The van der Waals surface area contributed by atoms with Gasteiger partial charge in [0.05, 0.1) is 0 Å². The minimum Gasteiger partial charge on any atom is -0.0656 e. The lowest BCUT2D eigenvalue weighted by atomic mass is 9.91. The van der Waals surface area contributed by atoms with Crippen LogP contribution in [0.1, 0.15) is 73.4 Å². The first-order valence-electron chi connectivity index (χ1n) is 27.5. The van der Waals surface area contributed by atoms with Crippen molar-refractivity contribution in [3.63, 3.8) is 0 Å². The number of rotatable bonds is 15. The van der Waals surface area contributed by atoms with Crippen LogP contribution in [0.25, 0.3) is 77.2 Å². The van der Waals surface area contributed by atoms with E-state index in [-0.39, 0.29) is 0 Å². The molecule has 2 aliphatic heterocycles. The van der Waals surface area contributed by atoms with E-state index in [0.29, 0.717) is 0 Å². The Labute approximate surface area is 448 Å². The summed E-state index contributed by atoms with van der Waals surface area (Å²) < 4.78 is 0. The predicted octanol–water partition coefficient (Wildman–Crippen LogP) is 18.4. The second kappa shape index (κ2) is 21.2. The van der Waals surface area contributed by atoms with Crippen LogP contribution in [0.3, 0.4) is 0 Å². The monoisotopic (exact) mass is 996 g/mol. The number of fused-ring (bicyclic) bond motifs is 2. The lowest BCUT2D eigenvalue weighted by Gasteiger charge is -2.34. The van der Waals surface area contributed by atoms with Gasteiger partial charge in [-0.25, -0.2) is 0 Å². The zero-order valence-corrected chi connectivity index (χ0v) is 45.7. The Morgan fingerprint density at radius 1 is 0.293 bits per heavy atom. The maximum absolute atomic E-state index is 2.46. The van der Waals surface area contributed by atoms with Crippen molar-refractivity contribution < 1.29 is 0 Å². The molecule has 0 radical (unpaired) electrons. The SMILES string of the molecule is CCC[SiH]1C(c2ccccc2)=C(c2ccccc2)c2cccc(-c3cccc(-c4cccc(-c5cccc(-c6cccc(-c7cccc8c7[Si](CCC)(CCC)C(c7ccccc7)=C8c7ccccc7)c6)c5)c4)c3)c21. The molecule has 0 spiro atoms. The second-order valence-electron chi connectivity index (χ2n) is 20.7. The average molecular weight is 997 g/mol. The first-order valence-corrected chi connectivity index (χ1v) is 31.9. The Morgan fingerprint density at radius 3 is 1.13 bits per heavy atom. The van der Waals surface area contributed by atoms with Gasteiger partial charge in [-0.1, -0.05) is 277 Å². The molecule has 0 nitrogen and oxygen atoms in total. The van der Waals surface area contributed by atoms with Crippen LogP contribution in [0, 0.1) is 0 Å². The van der Waals surface area contributed by atoms with Gasteiger partial charge in [0.15, 0.2) is 0 Å². The highest BCUT2D eigenvalue weighted by Crippen LogP contribution is 2.50. The largest absolute Gasteiger partial charge is 0.121 e. The van der Waals surface area contributed by atoms with Crippen molar-refractivity contribution in [3.05, 3.63) is 288 Å². The van der Waals surface area contributed by atoms with Gasteiger partial charge in [0.1, 0.15) is 16.9 Å². The maximum atomic E-state index is 2.46. The van der Waals surface area contributed by atoms with Gasteiger partial charge < -0.3 is 0 Å². The van der Waals surface area contributed by atoms with E-state index in [9.17, 15) is 0 Å². The third-order valence-electron chi connectivity index (χ3n) is 16.2. The molecule has 10 aromatic rings. The highest BCUT2D eigenvalue weighted by atomic mass is 28.3. The zero-order valence-electron chi connectivity index (χ0n) is 43.6. The summed E-state index contributed by atoms with van der Waals surface area (Å²) in [6.45, 7) is 7.16. The predicted molar refractivity (Wildman–Crippen MR) is 329 cm³/mol. The van der Waals surface area contributed by atoms with Crippen molar-refractivity contribution in [1.82, 2.24) is 0 Å². The molecule has 12 rings (SSSR count). The van der Waals surface area contributed by atoms with E-state index in [4.69, 9.17) is 0 Å². The fourth-order valence-electron chi connectivity index (χ4n) is 13.2. The minimum atomic E-state index is -2.27. The quantitative estimate of drug-likeness (QED) is 0.0898. The fraction of sp³-hybridized carbons (Fsp3) is 0.123. The number of hydrogen-bond acceptors (Lipinski definition) is 0. The molecule has 0 saturated carbocycles. The molecule has 0 bridgehead atoms. The van der Waals surface area contributed by atoms with Gasteiger partial charge in [0.2, 0.25) is 0 Å². The summed E-state index contributed by atoms with van der Waals surface area (Å²) >= 11 is 0. The van der Waals surface area contributed by atoms with Crippen molar-refractivity contribution in [2.75, 3.05) is 0 Å². The third kappa shape index (κ3) is 8.86. The summed E-state index contributed by atoms with van der Waals surface area (Å²) in [5, 5.41) is 6.43. The van der Waals surface area contributed by atoms with E-state index >= 15 is 0 Å². The van der Waals surface area contributed by atoms with Crippen LogP contribution in [0.15, 0.2) is 255 Å². The summed E-state index contributed by atoms with van der Waals surface area (Å²) in [5.41, 5.74) is 23.9. The van der Waals surface area contributed by atoms with Crippen LogP contribution < -0.4 is 10.4 Å². The van der Waals surface area contributed by atoms with Crippen LogP contribution in [-0.2, 0) is 0 Å². The van der Waals surface area contributed by atoms with Gasteiger partial charge in [0.25, 0.3) is 0 Å². The molecule has 1 unspecified atom stereocenters. The topological polar surface area (TPSA) is 0 Å². The van der Waals surface area contributed by atoms with Crippen LogP contribution in [0.5, 0.6) is 0 Å². The van der Waals surface area contributed by atoms with Crippen LogP contribution >= 0.6 is 0 Å². The molecule has 0 amide bonds. The molecule has 0 fully saturated rings. The van der Waals surface area contributed by atoms with Crippen LogP contribution in [0.4, 0.5) is 0 Å². The van der Waals surface area contributed by atoms with E-state index in [2.05, 4.69) is 276 Å². The zero-order chi connectivity index (χ0) is 50.7. The van der Waals surface area contributed by atoms with Crippen molar-refractivity contribution in [2.45, 2.75) is 58.2 Å². The van der Waals surface area contributed by atoms with Gasteiger partial charge in [-0.2, -0.15) is 0 Å². The number of hydrogen-bond donors (Lipinski definition) is 0. The first kappa shape index (κ1) is 48.1. The van der Waals surface area contributed by atoms with Gasteiger partial charge >= 0.3 is 0 Å². The van der Waals surface area contributed by atoms with Crippen LogP contribution in [0.2, 0.25) is 18.1 Å². The molecule has 1 atom stereocenters. The van der Waals surface area contributed by atoms with E-state index in [1.807, 2.05) is 0 Å². The Kier molecular flexibility index (Phi) is 13.6. The molecule has 0 aliphatic carbocycles. The van der Waals surface area contributed by atoms with Gasteiger partial charge in [0, 0.05) is 0 Å². The van der Waals surface area contributed by atoms with Crippen LogP contribution in [-0.4, -0.2) is 16.9 Å². The average Bonchev–Trinajstić information content (AvgIpc) is 3.96. The minimum absolute atomic E-state index is 1.16. The second-order valence-corrected chi connectivity index (χ2v) is 27.7. The van der Waals surface area contributed by atoms with Gasteiger partial charge in [-0.15, -0.1) is 0 Å². The third-order valence-corrected chi connectivity index (χ3v) is 25.6. The van der Waals surface area contributed by atoms with E-state index < -0.39 is 16.9 Å². The summed E-state index contributed by atoms with van der Waals surface area (Å²) in [6, 6.07) is 100. The molecular formula is C73H64Si2. The van der Waals surface area contributed by atoms with E-state index in [1.165, 1.54) is 125 Å². The lowest BCUT2D eigenvalue weighted by molar-refractivity contribution is 1.000. The summed E-state index contributed by atoms with van der Waals surface area (Å²) in [6.07, 6.45) is 3.50. The highest BCUT2D eigenvalue weighted by molar-refractivity contribution is 7.10.